The molecule has 2 amide bonds. The van der Waals surface area contributed by atoms with E-state index in [1.54, 1.807) is 24.3 Å². The summed E-state index contributed by atoms with van der Waals surface area (Å²) < 4.78 is 0. The molecule has 0 atom stereocenters. The number of carbonyl (C=O) groups excluding carboxylic acids is 2. The third kappa shape index (κ3) is 3.63. The second-order valence-electron chi connectivity index (χ2n) is 5.73. The van der Waals surface area contributed by atoms with Gasteiger partial charge in [0.1, 0.15) is 0 Å². The standard InChI is InChI=1S/C18H17N3O2S/c19-12-13-3-1-4-15(11-13)20-17(22)14-6-8-21(9-7-14)18(23)16-5-2-10-24-16/h1-5,10-11,14H,6-9H2,(H,20,22). The maximum absolute atomic E-state index is 12.4. The van der Waals surface area contributed by atoms with Crippen LogP contribution in [0.15, 0.2) is 41.8 Å². The first-order valence-electron chi connectivity index (χ1n) is 7.81. The molecule has 2 heterocycles. The summed E-state index contributed by atoms with van der Waals surface area (Å²) in [7, 11) is 0. The van der Waals surface area contributed by atoms with E-state index in [1.807, 2.05) is 22.4 Å². The number of hydrogen-bond donors (Lipinski definition) is 1. The summed E-state index contributed by atoms with van der Waals surface area (Å²) in [5.41, 5.74) is 1.15. The lowest BCUT2D eigenvalue weighted by Gasteiger charge is -2.31. The molecule has 0 radical (unpaired) electrons. The van der Waals surface area contributed by atoms with Crippen molar-refractivity contribution < 1.29 is 9.59 Å². The van der Waals surface area contributed by atoms with Crippen LogP contribution < -0.4 is 5.32 Å². The van der Waals surface area contributed by atoms with Gasteiger partial charge in [0.25, 0.3) is 5.91 Å². The number of amides is 2. The fourth-order valence-corrected chi connectivity index (χ4v) is 3.50. The molecule has 1 aromatic carbocycles. The molecule has 0 spiro atoms. The molecule has 6 heteroatoms. The average Bonchev–Trinajstić information content (AvgIpc) is 3.16. The van der Waals surface area contributed by atoms with Crippen LogP contribution in [0.5, 0.6) is 0 Å². The molecular formula is C18H17N3O2S. The molecule has 3 rings (SSSR count). The molecule has 1 aromatic heterocycles. The normalized spacial score (nSPS) is 14.9. The lowest BCUT2D eigenvalue weighted by molar-refractivity contribution is -0.121. The van der Waals surface area contributed by atoms with Crippen LogP contribution in [0.1, 0.15) is 28.1 Å². The van der Waals surface area contributed by atoms with Crippen molar-refractivity contribution >= 4 is 28.8 Å². The number of likely N-dealkylation sites (tertiary alicyclic amines) is 1. The third-order valence-corrected chi connectivity index (χ3v) is 5.00. The molecule has 1 fully saturated rings. The Balaban J connectivity index is 1.55. The highest BCUT2D eigenvalue weighted by Gasteiger charge is 2.28. The zero-order chi connectivity index (χ0) is 16.9. The lowest BCUT2D eigenvalue weighted by atomic mass is 9.95. The van der Waals surface area contributed by atoms with Crippen LogP contribution in [0.4, 0.5) is 5.69 Å². The summed E-state index contributed by atoms with van der Waals surface area (Å²) in [5.74, 6) is -0.109. The smallest absolute Gasteiger partial charge is 0.263 e. The molecule has 1 N–H and O–H groups in total. The van der Waals surface area contributed by atoms with E-state index in [0.29, 0.717) is 37.2 Å². The van der Waals surface area contributed by atoms with Crippen LogP contribution in [-0.4, -0.2) is 29.8 Å². The molecule has 1 saturated heterocycles. The quantitative estimate of drug-likeness (QED) is 0.934. The molecule has 1 aliphatic rings. The van der Waals surface area contributed by atoms with Gasteiger partial charge in [-0.3, -0.25) is 9.59 Å². The number of nitrogens with zero attached hydrogens (tertiary/aromatic N) is 2. The topological polar surface area (TPSA) is 73.2 Å². The van der Waals surface area contributed by atoms with Crippen LogP contribution in [-0.2, 0) is 4.79 Å². The van der Waals surface area contributed by atoms with Crippen molar-refractivity contribution in [1.29, 1.82) is 5.26 Å². The highest BCUT2D eigenvalue weighted by molar-refractivity contribution is 7.12. The van der Waals surface area contributed by atoms with E-state index in [4.69, 9.17) is 5.26 Å². The Morgan fingerprint density at radius 1 is 1.21 bits per heavy atom. The number of nitriles is 1. The van der Waals surface area contributed by atoms with E-state index >= 15 is 0 Å². The van der Waals surface area contributed by atoms with Crippen molar-refractivity contribution in [3.63, 3.8) is 0 Å². The Morgan fingerprint density at radius 3 is 2.67 bits per heavy atom. The summed E-state index contributed by atoms with van der Waals surface area (Å²) >= 11 is 1.44. The number of thiophene rings is 1. The number of piperidine rings is 1. The van der Waals surface area contributed by atoms with Crippen molar-refractivity contribution in [2.45, 2.75) is 12.8 Å². The molecule has 0 unspecified atom stereocenters. The zero-order valence-corrected chi connectivity index (χ0v) is 13.9. The minimum Gasteiger partial charge on any atom is -0.338 e. The Hall–Kier alpha value is -2.65. The Bertz CT molecular complexity index is 772. The van der Waals surface area contributed by atoms with Crippen molar-refractivity contribution in [3.05, 3.63) is 52.2 Å². The monoisotopic (exact) mass is 339 g/mol. The number of rotatable bonds is 3. The molecule has 5 nitrogen and oxygen atoms in total. The summed E-state index contributed by atoms with van der Waals surface area (Å²) in [4.78, 5) is 27.2. The van der Waals surface area contributed by atoms with E-state index < -0.39 is 0 Å². The van der Waals surface area contributed by atoms with Crippen molar-refractivity contribution in [2.75, 3.05) is 18.4 Å². The minimum absolute atomic E-state index is 0.0468. The van der Waals surface area contributed by atoms with Gasteiger partial charge in [-0.2, -0.15) is 5.26 Å². The van der Waals surface area contributed by atoms with Gasteiger partial charge in [-0.05, 0) is 42.5 Å². The fourth-order valence-electron chi connectivity index (χ4n) is 2.81. The average molecular weight is 339 g/mol. The second kappa shape index (κ2) is 7.28. The van der Waals surface area contributed by atoms with Gasteiger partial charge in [0.2, 0.25) is 5.91 Å². The van der Waals surface area contributed by atoms with Crippen molar-refractivity contribution in [3.8, 4) is 6.07 Å². The molecule has 0 aliphatic carbocycles. The van der Waals surface area contributed by atoms with Crippen molar-refractivity contribution in [2.24, 2.45) is 5.92 Å². The Labute approximate surface area is 144 Å². The van der Waals surface area contributed by atoms with Crippen LogP contribution in [0.3, 0.4) is 0 Å². The Kier molecular flexibility index (Phi) is 4.92. The molecule has 24 heavy (non-hydrogen) atoms. The van der Waals surface area contributed by atoms with Gasteiger partial charge < -0.3 is 10.2 Å². The van der Waals surface area contributed by atoms with Gasteiger partial charge in [0.05, 0.1) is 16.5 Å². The van der Waals surface area contributed by atoms with Gasteiger partial charge in [0.15, 0.2) is 0 Å². The van der Waals surface area contributed by atoms with Crippen LogP contribution in [0.25, 0.3) is 0 Å². The summed E-state index contributed by atoms with van der Waals surface area (Å²) in [6.45, 7) is 1.18. The third-order valence-electron chi connectivity index (χ3n) is 4.14. The summed E-state index contributed by atoms with van der Waals surface area (Å²) in [6.07, 6.45) is 1.31. The van der Waals surface area contributed by atoms with E-state index in [9.17, 15) is 9.59 Å². The van der Waals surface area contributed by atoms with Gasteiger partial charge in [-0.25, -0.2) is 0 Å². The lowest BCUT2D eigenvalue weighted by Crippen LogP contribution is -2.41. The predicted octanol–water partition coefficient (Wildman–Crippen LogP) is 3.11. The SMILES string of the molecule is N#Cc1cccc(NC(=O)C2CCN(C(=O)c3cccs3)CC2)c1. The van der Waals surface area contributed by atoms with Gasteiger partial charge in [-0.15, -0.1) is 11.3 Å². The number of hydrogen-bond acceptors (Lipinski definition) is 4. The maximum Gasteiger partial charge on any atom is 0.263 e. The number of benzene rings is 1. The van der Waals surface area contributed by atoms with Crippen LogP contribution in [0, 0.1) is 17.2 Å². The largest absolute Gasteiger partial charge is 0.338 e. The van der Waals surface area contributed by atoms with E-state index in [-0.39, 0.29) is 17.7 Å². The zero-order valence-electron chi connectivity index (χ0n) is 13.1. The maximum atomic E-state index is 12.4. The van der Waals surface area contributed by atoms with Crippen LogP contribution >= 0.6 is 11.3 Å². The molecular weight excluding hydrogens is 322 g/mol. The minimum atomic E-state index is -0.108. The molecule has 1 aliphatic heterocycles. The first-order chi connectivity index (χ1) is 11.7. The molecule has 0 bridgehead atoms. The van der Waals surface area contributed by atoms with Gasteiger partial charge in [0, 0.05) is 24.7 Å². The number of carbonyl (C=O) groups is 2. The van der Waals surface area contributed by atoms with Crippen LogP contribution in [0.2, 0.25) is 0 Å². The van der Waals surface area contributed by atoms with Gasteiger partial charge >= 0.3 is 0 Å². The van der Waals surface area contributed by atoms with E-state index in [1.165, 1.54) is 11.3 Å². The fraction of sp³-hybridized carbons (Fsp3) is 0.278. The first-order valence-corrected chi connectivity index (χ1v) is 8.69. The number of anilines is 1. The Morgan fingerprint density at radius 2 is 2.00 bits per heavy atom. The highest BCUT2D eigenvalue weighted by atomic mass is 32.1. The van der Waals surface area contributed by atoms with Crippen molar-refractivity contribution in [1.82, 2.24) is 4.90 Å². The molecule has 0 saturated carbocycles. The second-order valence-corrected chi connectivity index (χ2v) is 6.67. The molecule has 2 aromatic rings. The van der Waals surface area contributed by atoms with Gasteiger partial charge in [-0.1, -0.05) is 12.1 Å². The summed E-state index contributed by atoms with van der Waals surface area (Å²) in [6, 6.07) is 12.6. The highest BCUT2D eigenvalue weighted by Crippen LogP contribution is 2.22. The molecule has 122 valence electrons. The van der Waals surface area contributed by atoms with E-state index in [2.05, 4.69) is 11.4 Å². The predicted molar refractivity (Wildman–Crippen MR) is 92.7 cm³/mol. The summed E-state index contributed by atoms with van der Waals surface area (Å²) in [5, 5.41) is 13.7. The first kappa shape index (κ1) is 16.2. The number of nitrogens with one attached hydrogen (secondary N) is 1. The van der Waals surface area contributed by atoms with E-state index in [0.717, 1.165) is 4.88 Å².